The summed E-state index contributed by atoms with van der Waals surface area (Å²) in [6.07, 6.45) is 6.69. The van der Waals surface area contributed by atoms with Crippen LogP contribution in [0.25, 0.3) is 11.2 Å². The molecule has 8 heteroatoms. The summed E-state index contributed by atoms with van der Waals surface area (Å²) in [4.78, 5) is 25.3. The number of hydrogen-bond donors (Lipinski definition) is 1. The third-order valence-electron chi connectivity index (χ3n) is 5.14. The maximum Gasteiger partial charge on any atom is 0.307 e. The van der Waals surface area contributed by atoms with E-state index in [1.54, 1.807) is 19.1 Å². The highest BCUT2D eigenvalue weighted by molar-refractivity contribution is 5.70. The van der Waals surface area contributed by atoms with E-state index in [1.165, 1.54) is 23.6 Å². The van der Waals surface area contributed by atoms with Gasteiger partial charge in [0.15, 0.2) is 23.1 Å². The lowest BCUT2D eigenvalue weighted by Gasteiger charge is -2.12. The molecule has 0 bridgehead atoms. The molecule has 0 aliphatic heterocycles. The molecule has 8 nitrogen and oxygen atoms in total. The minimum Gasteiger partial charge on any atom is -0.618 e. The van der Waals surface area contributed by atoms with E-state index in [4.69, 9.17) is 4.74 Å². The lowest BCUT2D eigenvalue weighted by molar-refractivity contribution is -0.612. The number of pyridine rings is 1. The van der Waals surface area contributed by atoms with Gasteiger partial charge in [-0.2, -0.15) is 9.71 Å². The second kappa shape index (κ2) is 7.02. The molecular weight excluding hydrogens is 346 g/mol. The first-order valence-corrected chi connectivity index (χ1v) is 9.45. The van der Waals surface area contributed by atoms with E-state index in [1.807, 2.05) is 6.92 Å². The van der Waals surface area contributed by atoms with Crippen molar-refractivity contribution in [3.8, 4) is 11.8 Å². The number of ether oxygens (including phenoxy) is 1. The van der Waals surface area contributed by atoms with Crippen LogP contribution in [0, 0.1) is 12.1 Å². The number of nitrogens with one attached hydrogen (secondary N) is 1. The maximum absolute atomic E-state index is 13.0. The SMILES string of the molecule is CCCn1c(Oc2ccc[n+]([O-])c2C)nc2nc(C3CCCC3)[nH]c2c1=O. The molecule has 1 aliphatic rings. The zero-order valence-electron chi connectivity index (χ0n) is 15.6. The Morgan fingerprint density at radius 2 is 2.15 bits per heavy atom. The van der Waals surface area contributed by atoms with Gasteiger partial charge in [-0.1, -0.05) is 19.8 Å². The average molecular weight is 369 g/mol. The van der Waals surface area contributed by atoms with Crippen molar-refractivity contribution in [1.29, 1.82) is 0 Å². The summed E-state index contributed by atoms with van der Waals surface area (Å²) in [7, 11) is 0. The second-order valence-electron chi connectivity index (χ2n) is 7.04. The molecule has 0 aromatic carbocycles. The van der Waals surface area contributed by atoms with Crippen LogP contribution < -0.4 is 15.0 Å². The predicted molar refractivity (Wildman–Crippen MR) is 99.9 cm³/mol. The summed E-state index contributed by atoms with van der Waals surface area (Å²) in [5.41, 5.74) is 0.995. The van der Waals surface area contributed by atoms with Crippen LogP contribution in [0.4, 0.5) is 0 Å². The van der Waals surface area contributed by atoms with Crippen molar-refractivity contribution in [3.63, 3.8) is 0 Å². The van der Waals surface area contributed by atoms with Crippen molar-refractivity contribution < 1.29 is 9.47 Å². The van der Waals surface area contributed by atoms with Crippen LogP contribution in [0.2, 0.25) is 0 Å². The van der Waals surface area contributed by atoms with Gasteiger partial charge >= 0.3 is 6.01 Å². The molecule has 1 fully saturated rings. The third-order valence-corrected chi connectivity index (χ3v) is 5.14. The zero-order valence-corrected chi connectivity index (χ0v) is 15.6. The van der Waals surface area contributed by atoms with Crippen LogP contribution in [0.3, 0.4) is 0 Å². The molecule has 27 heavy (non-hydrogen) atoms. The summed E-state index contributed by atoms with van der Waals surface area (Å²) in [6.45, 7) is 4.12. The van der Waals surface area contributed by atoms with Gasteiger partial charge in [0, 0.05) is 25.5 Å². The molecule has 142 valence electrons. The average Bonchev–Trinajstić information content (AvgIpc) is 3.31. The van der Waals surface area contributed by atoms with Crippen molar-refractivity contribution in [2.75, 3.05) is 0 Å². The third kappa shape index (κ3) is 3.15. The largest absolute Gasteiger partial charge is 0.618 e. The highest BCUT2D eigenvalue weighted by Crippen LogP contribution is 2.33. The zero-order chi connectivity index (χ0) is 19.0. The molecule has 0 amide bonds. The van der Waals surface area contributed by atoms with E-state index in [0.29, 0.717) is 35.1 Å². The van der Waals surface area contributed by atoms with Crippen molar-refractivity contribution in [1.82, 2.24) is 19.5 Å². The van der Waals surface area contributed by atoms with Crippen molar-refractivity contribution >= 4 is 11.2 Å². The molecule has 0 saturated heterocycles. The van der Waals surface area contributed by atoms with Crippen LogP contribution >= 0.6 is 0 Å². The summed E-state index contributed by atoms with van der Waals surface area (Å²) in [5.74, 6) is 1.56. The first-order chi connectivity index (χ1) is 13.1. The number of rotatable bonds is 5. The highest BCUT2D eigenvalue weighted by atomic mass is 16.5. The molecule has 0 spiro atoms. The summed E-state index contributed by atoms with van der Waals surface area (Å²) in [5, 5.41) is 11.8. The lowest BCUT2D eigenvalue weighted by atomic mass is 10.1. The van der Waals surface area contributed by atoms with E-state index in [0.717, 1.165) is 29.8 Å². The molecule has 1 aliphatic carbocycles. The van der Waals surface area contributed by atoms with Gasteiger partial charge in [0.25, 0.3) is 5.56 Å². The van der Waals surface area contributed by atoms with Gasteiger partial charge in [-0.15, -0.1) is 0 Å². The number of imidazole rings is 1. The second-order valence-corrected chi connectivity index (χ2v) is 7.04. The number of nitrogens with zero attached hydrogens (tertiary/aromatic N) is 4. The Balaban J connectivity index is 1.81. The Kier molecular flexibility index (Phi) is 4.55. The number of H-pyrrole nitrogens is 1. The Bertz CT molecular complexity index is 1030. The smallest absolute Gasteiger partial charge is 0.307 e. The fraction of sp³-hybridized carbons (Fsp3) is 0.474. The van der Waals surface area contributed by atoms with Gasteiger partial charge in [-0.25, -0.2) is 4.98 Å². The molecule has 4 rings (SSSR count). The van der Waals surface area contributed by atoms with Crippen LogP contribution in [0.15, 0.2) is 23.1 Å². The van der Waals surface area contributed by atoms with Gasteiger partial charge in [0.05, 0.1) is 0 Å². The quantitative estimate of drug-likeness (QED) is 0.550. The fourth-order valence-electron chi connectivity index (χ4n) is 3.63. The molecule has 3 heterocycles. The van der Waals surface area contributed by atoms with Crippen LogP contribution in [-0.4, -0.2) is 19.5 Å². The van der Waals surface area contributed by atoms with Crippen molar-refractivity contribution in [2.24, 2.45) is 0 Å². The molecule has 0 radical (unpaired) electrons. The van der Waals surface area contributed by atoms with Crippen LogP contribution in [-0.2, 0) is 6.54 Å². The minimum absolute atomic E-state index is 0.160. The van der Waals surface area contributed by atoms with E-state index < -0.39 is 0 Å². The van der Waals surface area contributed by atoms with Gasteiger partial charge in [-0.05, 0) is 25.3 Å². The number of hydrogen-bond acceptors (Lipinski definition) is 5. The monoisotopic (exact) mass is 369 g/mol. The van der Waals surface area contributed by atoms with Gasteiger partial charge in [-0.3, -0.25) is 9.36 Å². The van der Waals surface area contributed by atoms with E-state index in [-0.39, 0.29) is 11.6 Å². The van der Waals surface area contributed by atoms with Crippen molar-refractivity contribution in [2.45, 2.75) is 58.4 Å². The topological polar surface area (TPSA) is 99.7 Å². The first-order valence-electron chi connectivity index (χ1n) is 9.45. The molecule has 0 unspecified atom stereocenters. The first kappa shape index (κ1) is 17.5. The minimum atomic E-state index is -0.197. The fourth-order valence-corrected chi connectivity index (χ4v) is 3.63. The standard InChI is InChI=1S/C19H23N5O3/c1-3-10-23-18(25)15-17(21-16(20-15)13-7-4-5-8-13)22-19(23)27-14-9-6-11-24(26)12(14)2/h6,9,11,13H,3-5,7-8,10H2,1-2H3,(H,20,21). The van der Waals surface area contributed by atoms with E-state index in [9.17, 15) is 10.0 Å². The van der Waals surface area contributed by atoms with Crippen LogP contribution in [0.5, 0.6) is 11.8 Å². The Morgan fingerprint density at radius 3 is 2.89 bits per heavy atom. The normalized spacial score (nSPS) is 14.9. The number of aromatic amines is 1. The summed E-state index contributed by atoms with van der Waals surface area (Å²) < 4.78 is 8.10. The van der Waals surface area contributed by atoms with Gasteiger partial charge < -0.3 is 14.9 Å². The molecule has 1 N–H and O–H groups in total. The summed E-state index contributed by atoms with van der Waals surface area (Å²) in [6, 6.07) is 3.45. The Morgan fingerprint density at radius 1 is 1.37 bits per heavy atom. The van der Waals surface area contributed by atoms with Gasteiger partial charge in [0.2, 0.25) is 5.69 Å². The lowest BCUT2D eigenvalue weighted by Crippen LogP contribution is -2.29. The van der Waals surface area contributed by atoms with Crippen LogP contribution in [0.1, 0.15) is 56.5 Å². The molecule has 3 aromatic heterocycles. The molecule has 3 aromatic rings. The Hall–Kier alpha value is -2.90. The molecular formula is C19H23N5O3. The predicted octanol–water partition coefficient (Wildman–Crippen LogP) is 2.92. The van der Waals surface area contributed by atoms with Gasteiger partial charge in [0.1, 0.15) is 5.82 Å². The van der Waals surface area contributed by atoms with E-state index >= 15 is 0 Å². The molecule has 0 atom stereocenters. The highest BCUT2D eigenvalue weighted by Gasteiger charge is 2.23. The summed E-state index contributed by atoms with van der Waals surface area (Å²) >= 11 is 0. The van der Waals surface area contributed by atoms with Crippen molar-refractivity contribution in [3.05, 3.63) is 45.4 Å². The maximum atomic E-state index is 13.0. The Labute approximate surface area is 156 Å². The van der Waals surface area contributed by atoms with E-state index in [2.05, 4.69) is 15.0 Å². The molecule has 1 saturated carbocycles. The number of aromatic nitrogens is 5. The number of fused-ring (bicyclic) bond motifs is 1.